The number of hydrogen-bond donors (Lipinski definition) is 1. The fourth-order valence-electron chi connectivity index (χ4n) is 3.85. The number of carbonyl (C=O) groups is 2. The van der Waals surface area contributed by atoms with Gasteiger partial charge in [-0.2, -0.15) is 0 Å². The quantitative estimate of drug-likeness (QED) is 0.327. The summed E-state index contributed by atoms with van der Waals surface area (Å²) in [5.74, 6) is -0.784. The molecule has 0 saturated carbocycles. The molecule has 9 heteroatoms. The number of benzene rings is 3. The minimum atomic E-state index is -4.06. The lowest BCUT2D eigenvalue weighted by atomic mass is 10.1. The summed E-state index contributed by atoms with van der Waals surface area (Å²) >= 11 is 2.14. The first-order valence-electron chi connectivity index (χ1n) is 12.0. The van der Waals surface area contributed by atoms with E-state index in [9.17, 15) is 18.0 Å². The Bertz CT molecular complexity index is 1330. The summed E-state index contributed by atoms with van der Waals surface area (Å²) in [4.78, 5) is 28.3. The maximum absolute atomic E-state index is 13.8. The van der Waals surface area contributed by atoms with Gasteiger partial charge in [0.15, 0.2) is 0 Å². The lowest BCUT2D eigenvalue weighted by Gasteiger charge is -2.32. The molecule has 0 aromatic heterocycles. The standard InChI is InChI=1S/C28H32IN3O4S/c1-20(2)30-28(34)22(4)31(18-23-10-8-9-21(3)17-23)27(33)19-32(25-15-13-24(29)14-16-25)37(35,36)26-11-6-5-7-12-26/h5-17,20,22H,18-19H2,1-4H3,(H,30,34). The molecule has 1 atom stereocenters. The zero-order valence-electron chi connectivity index (χ0n) is 21.4. The van der Waals surface area contributed by atoms with Crippen molar-refractivity contribution in [3.8, 4) is 0 Å². The zero-order chi connectivity index (χ0) is 27.2. The molecular weight excluding hydrogens is 601 g/mol. The van der Waals surface area contributed by atoms with Crippen molar-refractivity contribution in [3.63, 3.8) is 0 Å². The third-order valence-electron chi connectivity index (χ3n) is 5.76. The highest BCUT2D eigenvalue weighted by Crippen LogP contribution is 2.25. The number of anilines is 1. The lowest BCUT2D eigenvalue weighted by Crippen LogP contribution is -2.52. The molecule has 0 saturated heterocycles. The van der Waals surface area contributed by atoms with E-state index < -0.39 is 28.5 Å². The van der Waals surface area contributed by atoms with Crippen molar-refractivity contribution < 1.29 is 18.0 Å². The molecule has 0 radical (unpaired) electrons. The van der Waals surface area contributed by atoms with Gasteiger partial charge in [0, 0.05) is 16.2 Å². The molecule has 3 rings (SSSR count). The van der Waals surface area contributed by atoms with Crippen molar-refractivity contribution in [2.45, 2.75) is 51.2 Å². The van der Waals surface area contributed by atoms with Crippen molar-refractivity contribution in [1.82, 2.24) is 10.2 Å². The molecule has 0 aliphatic carbocycles. The van der Waals surface area contributed by atoms with Crippen molar-refractivity contribution in [2.24, 2.45) is 0 Å². The molecule has 37 heavy (non-hydrogen) atoms. The topological polar surface area (TPSA) is 86.8 Å². The largest absolute Gasteiger partial charge is 0.352 e. The van der Waals surface area contributed by atoms with Crippen molar-refractivity contribution in [3.05, 3.63) is 93.6 Å². The second-order valence-electron chi connectivity index (χ2n) is 9.15. The molecule has 0 fully saturated rings. The van der Waals surface area contributed by atoms with Gasteiger partial charge in [0.1, 0.15) is 12.6 Å². The van der Waals surface area contributed by atoms with E-state index in [1.54, 1.807) is 49.4 Å². The van der Waals surface area contributed by atoms with Crippen LogP contribution in [0.5, 0.6) is 0 Å². The van der Waals surface area contributed by atoms with Crippen LogP contribution in [-0.2, 0) is 26.2 Å². The zero-order valence-corrected chi connectivity index (χ0v) is 24.4. The number of sulfonamides is 1. The summed E-state index contributed by atoms with van der Waals surface area (Å²) in [5.41, 5.74) is 2.24. The molecule has 0 aliphatic rings. The second kappa shape index (κ2) is 12.6. The molecule has 0 aliphatic heterocycles. The van der Waals surface area contributed by atoms with Gasteiger partial charge >= 0.3 is 0 Å². The molecular formula is C28H32IN3O4S. The first kappa shape index (κ1) is 28.6. The minimum Gasteiger partial charge on any atom is -0.352 e. The maximum Gasteiger partial charge on any atom is 0.264 e. The van der Waals surface area contributed by atoms with Gasteiger partial charge in [0.25, 0.3) is 10.0 Å². The van der Waals surface area contributed by atoms with Crippen LogP contribution in [0, 0.1) is 10.5 Å². The normalized spacial score (nSPS) is 12.2. The average molecular weight is 634 g/mol. The fraction of sp³-hybridized carbons (Fsp3) is 0.286. The first-order chi connectivity index (χ1) is 17.5. The van der Waals surface area contributed by atoms with Crippen LogP contribution in [0.1, 0.15) is 31.9 Å². The number of carbonyl (C=O) groups excluding carboxylic acids is 2. The number of hydrogen-bond acceptors (Lipinski definition) is 4. The summed E-state index contributed by atoms with van der Waals surface area (Å²) in [5, 5.41) is 2.86. The molecule has 3 aromatic rings. The van der Waals surface area contributed by atoms with E-state index in [1.807, 2.05) is 45.0 Å². The highest BCUT2D eigenvalue weighted by Gasteiger charge is 2.32. The SMILES string of the molecule is Cc1cccc(CN(C(=O)CN(c2ccc(I)cc2)S(=O)(=O)c2ccccc2)C(C)C(=O)NC(C)C)c1. The minimum absolute atomic E-state index is 0.0807. The highest BCUT2D eigenvalue weighted by molar-refractivity contribution is 14.1. The Hall–Kier alpha value is -2.92. The predicted molar refractivity (Wildman–Crippen MR) is 155 cm³/mol. The Morgan fingerprint density at radius 3 is 2.16 bits per heavy atom. The van der Waals surface area contributed by atoms with Gasteiger partial charge in [-0.05, 0) is 92.2 Å². The molecule has 1 N–H and O–H groups in total. The predicted octanol–water partition coefficient (Wildman–Crippen LogP) is 4.74. The van der Waals surface area contributed by atoms with E-state index in [0.29, 0.717) is 5.69 Å². The van der Waals surface area contributed by atoms with Crippen LogP contribution in [-0.4, -0.2) is 43.8 Å². The molecule has 3 aromatic carbocycles. The van der Waals surface area contributed by atoms with Gasteiger partial charge < -0.3 is 10.2 Å². The van der Waals surface area contributed by atoms with Crippen LogP contribution in [0.15, 0.2) is 83.8 Å². The summed E-state index contributed by atoms with van der Waals surface area (Å²) in [6, 6.07) is 21.7. The highest BCUT2D eigenvalue weighted by atomic mass is 127. The number of rotatable bonds is 10. The summed E-state index contributed by atoms with van der Waals surface area (Å²) in [6.07, 6.45) is 0. The van der Waals surface area contributed by atoms with E-state index in [-0.39, 0.29) is 23.4 Å². The molecule has 1 unspecified atom stereocenters. The van der Waals surface area contributed by atoms with Gasteiger partial charge in [0.05, 0.1) is 10.6 Å². The first-order valence-corrected chi connectivity index (χ1v) is 14.5. The summed E-state index contributed by atoms with van der Waals surface area (Å²) in [7, 11) is -4.06. The number of aryl methyl sites for hydroxylation is 1. The lowest BCUT2D eigenvalue weighted by molar-refractivity contribution is -0.139. The third-order valence-corrected chi connectivity index (χ3v) is 8.27. The number of amides is 2. The number of nitrogens with one attached hydrogen (secondary N) is 1. The smallest absolute Gasteiger partial charge is 0.264 e. The van der Waals surface area contributed by atoms with Crippen LogP contribution in [0.3, 0.4) is 0 Å². The van der Waals surface area contributed by atoms with E-state index >= 15 is 0 Å². The third kappa shape index (κ3) is 7.54. The monoisotopic (exact) mass is 633 g/mol. The molecule has 0 heterocycles. The van der Waals surface area contributed by atoms with Crippen LogP contribution in [0.4, 0.5) is 5.69 Å². The van der Waals surface area contributed by atoms with Crippen molar-refractivity contribution in [2.75, 3.05) is 10.8 Å². The Labute approximate surface area is 233 Å². The Balaban J connectivity index is 2.01. The Morgan fingerprint density at radius 2 is 1.57 bits per heavy atom. The van der Waals surface area contributed by atoms with E-state index in [1.165, 1.54) is 17.0 Å². The molecule has 196 valence electrons. The number of halogens is 1. The van der Waals surface area contributed by atoms with E-state index in [2.05, 4.69) is 27.9 Å². The van der Waals surface area contributed by atoms with Crippen LogP contribution in [0.2, 0.25) is 0 Å². The van der Waals surface area contributed by atoms with Crippen LogP contribution in [0.25, 0.3) is 0 Å². The van der Waals surface area contributed by atoms with Gasteiger partial charge in [-0.1, -0.05) is 48.0 Å². The van der Waals surface area contributed by atoms with Crippen molar-refractivity contribution >= 4 is 50.1 Å². The van der Waals surface area contributed by atoms with Gasteiger partial charge in [-0.25, -0.2) is 8.42 Å². The van der Waals surface area contributed by atoms with E-state index in [0.717, 1.165) is 19.0 Å². The summed E-state index contributed by atoms with van der Waals surface area (Å²) < 4.78 is 29.4. The Kier molecular flexibility index (Phi) is 9.72. The van der Waals surface area contributed by atoms with Gasteiger partial charge in [0.2, 0.25) is 11.8 Å². The number of nitrogens with zero attached hydrogens (tertiary/aromatic N) is 2. The fourth-order valence-corrected chi connectivity index (χ4v) is 5.65. The molecule has 0 spiro atoms. The molecule has 7 nitrogen and oxygen atoms in total. The van der Waals surface area contributed by atoms with E-state index in [4.69, 9.17) is 0 Å². The average Bonchev–Trinajstić information content (AvgIpc) is 2.86. The van der Waals surface area contributed by atoms with Gasteiger partial charge in [-0.3, -0.25) is 13.9 Å². The Morgan fingerprint density at radius 1 is 0.919 bits per heavy atom. The second-order valence-corrected chi connectivity index (χ2v) is 12.3. The van der Waals surface area contributed by atoms with Gasteiger partial charge in [-0.15, -0.1) is 0 Å². The van der Waals surface area contributed by atoms with Crippen molar-refractivity contribution in [1.29, 1.82) is 0 Å². The summed E-state index contributed by atoms with van der Waals surface area (Å²) in [6.45, 7) is 7.02. The molecule has 2 amide bonds. The van der Waals surface area contributed by atoms with Crippen LogP contribution >= 0.6 is 22.6 Å². The maximum atomic E-state index is 13.8. The van der Waals surface area contributed by atoms with Crippen LogP contribution < -0.4 is 9.62 Å². The molecule has 0 bridgehead atoms.